The SMILES string of the molecule is O=C(O)CCCCc1ccc(C(=O)CCl)cc1. The van der Waals surface area contributed by atoms with E-state index in [9.17, 15) is 9.59 Å². The van der Waals surface area contributed by atoms with Crippen molar-refractivity contribution in [3.63, 3.8) is 0 Å². The summed E-state index contributed by atoms with van der Waals surface area (Å²) < 4.78 is 0. The van der Waals surface area contributed by atoms with Gasteiger partial charge in [0.25, 0.3) is 0 Å². The van der Waals surface area contributed by atoms with Crippen molar-refractivity contribution in [1.29, 1.82) is 0 Å². The zero-order valence-electron chi connectivity index (χ0n) is 9.49. The number of aryl methyl sites for hydroxylation is 1. The van der Waals surface area contributed by atoms with Crippen molar-refractivity contribution >= 4 is 23.4 Å². The van der Waals surface area contributed by atoms with Crippen molar-refractivity contribution in [2.75, 3.05) is 5.88 Å². The lowest BCUT2D eigenvalue weighted by Gasteiger charge is -2.02. The van der Waals surface area contributed by atoms with Crippen LogP contribution in [-0.4, -0.2) is 22.7 Å². The summed E-state index contributed by atoms with van der Waals surface area (Å²) in [6.45, 7) is 0. The molecule has 0 saturated heterocycles. The quantitative estimate of drug-likeness (QED) is 0.462. The number of carboxylic acids is 1. The number of aliphatic carboxylic acids is 1. The standard InChI is InChI=1S/C13H15ClO3/c14-9-12(15)11-7-5-10(6-8-11)3-1-2-4-13(16)17/h5-8H,1-4,9H2,(H,16,17). The van der Waals surface area contributed by atoms with Crippen molar-refractivity contribution in [2.45, 2.75) is 25.7 Å². The van der Waals surface area contributed by atoms with Crippen LogP contribution >= 0.6 is 11.6 Å². The molecule has 0 fully saturated rings. The van der Waals surface area contributed by atoms with Crippen LogP contribution in [0.2, 0.25) is 0 Å². The average molecular weight is 255 g/mol. The molecule has 0 atom stereocenters. The Morgan fingerprint density at radius 3 is 2.29 bits per heavy atom. The molecule has 92 valence electrons. The number of benzene rings is 1. The van der Waals surface area contributed by atoms with Crippen molar-refractivity contribution in [1.82, 2.24) is 0 Å². The van der Waals surface area contributed by atoms with Crippen LogP contribution < -0.4 is 0 Å². The minimum Gasteiger partial charge on any atom is -0.481 e. The molecule has 0 aromatic heterocycles. The van der Waals surface area contributed by atoms with Gasteiger partial charge in [-0.2, -0.15) is 0 Å². The van der Waals surface area contributed by atoms with Crippen molar-refractivity contribution < 1.29 is 14.7 Å². The van der Waals surface area contributed by atoms with Gasteiger partial charge in [-0.05, 0) is 24.8 Å². The molecule has 0 aliphatic rings. The molecular formula is C13H15ClO3. The molecule has 0 saturated carbocycles. The fourth-order valence-electron chi connectivity index (χ4n) is 1.54. The first-order valence-corrected chi connectivity index (χ1v) is 6.07. The minimum absolute atomic E-state index is 0.00203. The third-order valence-corrected chi connectivity index (χ3v) is 2.75. The normalized spacial score (nSPS) is 10.2. The van der Waals surface area contributed by atoms with Crippen LogP contribution in [0.25, 0.3) is 0 Å². The first-order chi connectivity index (χ1) is 8.13. The number of carboxylic acid groups (broad SMARTS) is 1. The molecule has 0 radical (unpaired) electrons. The van der Waals surface area contributed by atoms with E-state index >= 15 is 0 Å². The van der Waals surface area contributed by atoms with E-state index in [4.69, 9.17) is 16.7 Å². The molecule has 1 aromatic rings. The lowest BCUT2D eigenvalue weighted by molar-refractivity contribution is -0.137. The molecule has 17 heavy (non-hydrogen) atoms. The van der Waals surface area contributed by atoms with Gasteiger partial charge in [-0.1, -0.05) is 24.3 Å². The number of carbonyl (C=O) groups is 2. The number of hydrogen-bond donors (Lipinski definition) is 1. The Hall–Kier alpha value is -1.35. The van der Waals surface area contributed by atoms with Crippen molar-refractivity contribution in [3.05, 3.63) is 35.4 Å². The van der Waals surface area contributed by atoms with E-state index in [1.807, 2.05) is 12.1 Å². The van der Waals surface area contributed by atoms with E-state index in [0.29, 0.717) is 12.0 Å². The van der Waals surface area contributed by atoms with Gasteiger partial charge in [0.15, 0.2) is 5.78 Å². The van der Waals surface area contributed by atoms with E-state index in [1.165, 1.54) is 0 Å². The fraction of sp³-hybridized carbons (Fsp3) is 0.385. The summed E-state index contributed by atoms with van der Waals surface area (Å²) in [6, 6.07) is 7.30. The molecule has 0 aliphatic heterocycles. The number of carbonyl (C=O) groups excluding carboxylic acids is 1. The van der Waals surface area contributed by atoms with Gasteiger partial charge in [0.2, 0.25) is 0 Å². The molecule has 1 aromatic carbocycles. The third kappa shape index (κ3) is 5.00. The minimum atomic E-state index is -0.756. The van der Waals surface area contributed by atoms with Crippen LogP contribution in [0.15, 0.2) is 24.3 Å². The van der Waals surface area contributed by atoms with Crippen LogP contribution in [0.3, 0.4) is 0 Å². The van der Waals surface area contributed by atoms with E-state index in [0.717, 1.165) is 18.4 Å². The topological polar surface area (TPSA) is 54.4 Å². The molecule has 0 amide bonds. The Morgan fingerprint density at radius 1 is 1.12 bits per heavy atom. The Bertz CT molecular complexity index is 384. The van der Waals surface area contributed by atoms with Gasteiger partial charge in [-0.15, -0.1) is 11.6 Å². The molecule has 0 spiro atoms. The molecule has 1 rings (SSSR count). The van der Waals surface area contributed by atoms with E-state index in [1.54, 1.807) is 12.1 Å². The highest BCUT2D eigenvalue weighted by Crippen LogP contribution is 2.10. The van der Waals surface area contributed by atoms with Gasteiger partial charge < -0.3 is 5.11 Å². The lowest BCUT2D eigenvalue weighted by atomic mass is 10.0. The Kier molecular flexibility index (Phi) is 5.70. The van der Waals surface area contributed by atoms with Crippen molar-refractivity contribution in [3.8, 4) is 0 Å². The van der Waals surface area contributed by atoms with E-state index in [2.05, 4.69) is 0 Å². The van der Waals surface area contributed by atoms with Gasteiger partial charge in [0, 0.05) is 12.0 Å². The zero-order chi connectivity index (χ0) is 12.7. The van der Waals surface area contributed by atoms with Crippen LogP contribution in [0.5, 0.6) is 0 Å². The third-order valence-electron chi connectivity index (χ3n) is 2.50. The highest BCUT2D eigenvalue weighted by molar-refractivity contribution is 6.30. The van der Waals surface area contributed by atoms with Crippen molar-refractivity contribution in [2.24, 2.45) is 0 Å². The van der Waals surface area contributed by atoms with Gasteiger partial charge in [0.1, 0.15) is 0 Å². The Balaban J connectivity index is 2.40. The van der Waals surface area contributed by atoms with Gasteiger partial charge in [-0.25, -0.2) is 0 Å². The van der Waals surface area contributed by atoms with E-state index < -0.39 is 5.97 Å². The molecule has 3 nitrogen and oxygen atoms in total. The largest absolute Gasteiger partial charge is 0.481 e. The second-order valence-corrected chi connectivity index (χ2v) is 4.12. The number of rotatable bonds is 7. The first kappa shape index (κ1) is 13.7. The number of ketones is 1. The summed E-state index contributed by atoms with van der Waals surface area (Å²) in [5.74, 6) is -0.838. The molecule has 4 heteroatoms. The summed E-state index contributed by atoms with van der Waals surface area (Å²) in [7, 11) is 0. The number of Topliss-reactive ketones (excluding diaryl/α,β-unsaturated/α-hetero) is 1. The average Bonchev–Trinajstić information content (AvgIpc) is 2.34. The van der Waals surface area contributed by atoms with E-state index in [-0.39, 0.29) is 18.1 Å². The monoisotopic (exact) mass is 254 g/mol. The maximum absolute atomic E-state index is 11.3. The number of halogens is 1. The van der Waals surface area contributed by atoms with Crippen LogP contribution in [-0.2, 0) is 11.2 Å². The van der Waals surface area contributed by atoms with Crippen LogP contribution in [0.1, 0.15) is 35.2 Å². The van der Waals surface area contributed by atoms with Gasteiger partial charge in [0.05, 0.1) is 5.88 Å². The second kappa shape index (κ2) is 7.07. The van der Waals surface area contributed by atoms with Gasteiger partial charge >= 0.3 is 5.97 Å². The summed E-state index contributed by atoms with van der Waals surface area (Å²) in [4.78, 5) is 21.6. The first-order valence-electron chi connectivity index (χ1n) is 5.53. The van der Waals surface area contributed by atoms with Crippen LogP contribution in [0, 0.1) is 0 Å². The van der Waals surface area contributed by atoms with Gasteiger partial charge in [-0.3, -0.25) is 9.59 Å². The summed E-state index contributed by atoms with van der Waals surface area (Å²) in [5, 5.41) is 8.49. The van der Waals surface area contributed by atoms with Crippen LogP contribution in [0.4, 0.5) is 0 Å². The smallest absolute Gasteiger partial charge is 0.303 e. The number of unbranched alkanes of at least 4 members (excludes halogenated alkanes) is 1. The Morgan fingerprint density at radius 2 is 1.76 bits per heavy atom. The molecule has 0 unspecified atom stereocenters. The highest BCUT2D eigenvalue weighted by Gasteiger charge is 2.03. The molecule has 1 N–H and O–H groups in total. The summed E-state index contributed by atoms with van der Waals surface area (Å²) in [6.07, 6.45) is 2.57. The molecule has 0 bridgehead atoms. The summed E-state index contributed by atoms with van der Waals surface area (Å²) >= 11 is 5.45. The molecular weight excluding hydrogens is 240 g/mol. The summed E-state index contributed by atoms with van der Waals surface area (Å²) in [5.41, 5.74) is 1.73. The lowest BCUT2D eigenvalue weighted by Crippen LogP contribution is -2.00. The fourth-order valence-corrected chi connectivity index (χ4v) is 1.69. The maximum Gasteiger partial charge on any atom is 0.303 e. The zero-order valence-corrected chi connectivity index (χ0v) is 10.2. The maximum atomic E-state index is 11.3. The molecule has 0 aliphatic carbocycles. The second-order valence-electron chi connectivity index (χ2n) is 3.85. The Labute approximate surface area is 105 Å². The number of hydrogen-bond acceptors (Lipinski definition) is 2. The highest BCUT2D eigenvalue weighted by atomic mass is 35.5. The molecule has 0 heterocycles. The number of alkyl halides is 1. The predicted molar refractivity (Wildman–Crippen MR) is 66.7 cm³/mol. The predicted octanol–water partition coefficient (Wildman–Crippen LogP) is 2.91.